The second-order valence-corrected chi connectivity index (χ2v) is 10.6. The van der Waals surface area contributed by atoms with Crippen molar-refractivity contribution in [1.29, 1.82) is 0 Å². The lowest BCUT2D eigenvalue weighted by Crippen LogP contribution is -2.44. The van der Waals surface area contributed by atoms with Crippen molar-refractivity contribution in [3.63, 3.8) is 0 Å². The van der Waals surface area contributed by atoms with Gasteiger partial charge in [0, 0.05) is 58.4 Å². The lowest BCUT2D eigenvalue weighted by Gasteiger charge is -2.33. The number of nitrogens with zero attached hydrogens (tertiary/aromatic N) is 4. The molecule has 0 aliphatic carbocycles. The first-order chi connectivity index (χ1) is 21.1. The van der Waals surface area contributed by atoms with Gasteiger partial charge in [0.25, 0.3) is 0 Å². The number of fused-ring (bicyclic) bond motifs is 1. The Morgan fingerprint density at radius 1 is 1.07 bits per heavy atom. The molecule has 0 amide bonds. The zero-order valence-corrected chi connectivity index (χ0v) is 25.6. The number of hydrogen-bond acceptors (Lipinski definition) is 6. The fourth-order valence-corrected chi connectivity index (χ4v) is 5.34. The number of anilines is 2. The van der Waals surface area contributed by atoms with E-state index in [9.17, 15) is 0 Å². The second kappa shape index (κ2) is 15.5. The van der Waals surface area contributed by atoms with Gasteiger partial charge in [-0.2, -0.15) is 0 Å². The molecule has 0 unspecified atom stereocenters. The standard InChI is InChI=1S/C34H41N7.C2H2/c1-5-25(21-36-22-26-10-8-7-9-11-26)18-27(6-2)28-12-13-30(35-3)29(19-28)20-33-38-31-23-37-24-32(34(31)39-33)41-16-14-40(4)15-17-41;1-2/h5-13,18-19,23-24,35-36H,1,14-17,20-22H2,2-4H3,(H,38,39);1-2H/b25-18+,27-6+;. The summed E-state index contributed by atoms with van der Waals surface area (Å²) in [6.07, 6.45) is 18.8. The van der Waals surface area contributed by atoms with E-state index in [0.29, 0.717) is 6.42 Å². The Kier molecular flexibility index (Phi) is 11.3. The van der Waals surface area contributed by atoms with Gasteiger partial charge in [0.15, 0.2) is 0 Å². The molecule has 1 fully saturated rings. The van der Waals surface area contributed by atoms with Crippen molar-refractivity contribution in [2.24, 2.45) is 0 Å². The van der Waals surface area contributed by atoms with E-state index in [4.69, 9.17) is 4.98 Å². The lowest BCUT2D eigenvalue weighted by molar-refractivity contribution is 0.313. The van der Waals surface area contributed by atoms with E-state index in [1.807, 2.05) is 31.6 Å². The smallest absolute Gasteiger partial charge is 0.115 e. The van der Waals surface area contributed by atoms with Crippen LogP contribution in [-0.4, -0.2) is 66.7 Å². The predicted octanol–water partition coefficient (Wildman–Crippen LogP) is 5.90. The number of rotatable bonds is 11. The molecule has 43 heavy (non-hydrogen) atoms. The first-order valence-electron chi connectivity index (χ1n) is 14.7. The van der Waals surface area contributed by atoms with Crippen LogP contribution in [0.15, 0.2) is 91.3 Å². The average molecular weight is 574 g/mol. The molecule has 3 N–H and O–H groups in total. The maximum Gasteiger partial charge on any atom is 0.115 e. The largest absolute Gasteiger partial charge is 0.388 e. The number of hydrogen-bond donors (Lipinski definition) is 3. The number of H-pyrrole nitrogens is 1. The fourth-order valence-electron chi connectivity index (χ4n) is 5.34. The van der Waals surface area contributed by atoms with Crippen molar-refractivity contribution in [1.82, 2.24) is 25.2 Å². The minimum atomic E-state index is 0.689. The molecular weight excluding hydrogens is 530 g/mol. The van der Waals surface area contributed by atoms with Gasteiger partial charge in [0.2, 0.25) is 0 Å². The summed E-state index contributed by atoms with van der Waals surface area (Å²) in [6.45, 7) is 11.8. The van der Waals surface area contributed by atoms with Crippen LogP contribution in [0.4, 0.5) is 11.4 Å². The van der Waals surface area contributed by atoms with Gasteiger partial charge in [-0.05, 0) is 53.9 Å². The minimum Gasteiger partial charge on any atom is -0.388 e. The molecule has 0 radical (unpaired) electrons. The first kappa shape index (κ1) is 31.3. The van der Waals surface area contributed by atoms with E-state index in [2.05, 4.69) is 118 Å². The monoisotopic (exact) mass is 573 g/mol. The van der Waals surface area contributed by atoms with E-state index in [1.165, 1.54) is 16.7 Å². The van der Waals surface area contributed by atoms with Gasteiger partial charge < -0.3 is 25.4 Å². The minimum absolute atomic E-state index is 0.689. The third-order valence-electron chi connectivity index (χ3n) is 7.75. The van der Waals surface area contributed by atoms with Gasteiger partial charge in [0.05, 0.1) is 23.6 Å². The molecule has 5 rings (SSSR count). The van der Waals surface area contributed by atoms with Gasteiger partial charge in [-0.25, -0.2) is 4.98 Å². The zero-order valence-electron chi connectivity index (χ0n) is 25.6. The van der Waals surface area contributed by atoms with Crippen LogP contribution in [0, 0.1) is 12.8 Å². The summed E-state index contributed by atoms with van der Waals surface area (Å²) in [6, 6.07) is 17.1. The summed E-state index contributed by atoms with van der Waals surface area (Å²) in [5, 5.41) is 6.91. The Labute approximate surface area is 256 Å². The molecule has 2 aromatic carbocycles. The van der Waals surface area contributed by atoms with Gasteiger partial charge in [-0.1, -0.05) is 61.2 Å². The molecule has 1 saturated heterocycles. The zero-order chi connectivity index (χ0) is 30.6. The van der Waals surface area contributed by atoms with E-state index in [-0.39, 0.29) is 0 Å². The summed E-state index contributed by atoms with van der Waals surface area (Å²) < 4.78 is 0. The van der Waals surface area contributed by atoms with Crippen molar-refractivity contribution in [2.45, 2.75) is 19.9 Å². The molecule has 0 bridgehead atoms. The van der Waals surface area contributed by atoms with Crippen LogP contribution in [0.3, 0.4) is 0 Å². The third-order valence-corrected chi connectivity index (χ3v) is 7.75. The Balaban J connectivity index is 0.00000207. The number of piperazine rings is 1. The number of nitrogens with one attached hydrogen (secondary N) is 3. The molecule has 1 aliphatic heterocycles. The number of allylic oxidation sites excluding steroid dienone is 3. The molecule has 0 atom stereocenters. The molecule has 0 saturated carbocycles. The summed E-state index contributed by atoms with van der Waals surface area (Å²) in [7, 11) is 4.14. The van der Waals surface area contributed by atoms with Gasteiger partial charge in [-0.15, -0.1) is 12.8 Å². The Hall–Kier alpha value is -4.64. The predicted molar refractivity (Wildman–Crippen MR) is 182 cm³/mol. The first-order valence-corrected chi connectivity index (χ1v) is 14.7. The molecule has 0 spiro atoms. The molecule has 3 heterocycles. The number of terminal acetylenes is 1. The van der Waals surface area contributed by atoms with E-state index < -0.39 is 0 Å². The Morgan fingerprint density at radius 3 is 2.53 bits per heavy atom. The van der Waals surface area contributed by atoms with Crippen LogP contribution in [0.1, 0.15) is 29.4 Å². The van der Waals surface area contributed by atoms with Gasteiger partial charge in [-0.3, -0.25) is 4.98 Å². The van der Waals surface area contributed by atoms with Gasteiger partial charge in [0.1, 0.15) is 11.3 Å². The maximum absolute atomic E-state index is 5.07. The summed E-state index contributed by atoms with van der Waals surface area (Å²) >= 11 is 0. The van der Waals surface area contributed by atoms with Crippen LogP contribution in [0.25, 0.3) is 16.6 Å². The van der Waals surface area contributed by atoms with Crippen LogP contribution in [0.2, 0.25) is 0 Å². The fraction of sp³-hybridized carbons (Fsp3) is 0.278. The van der Waals surface area contributed by atoms with Crippen molar-refractivity contribution < 1.29 is 0 Å². The highest BCUT2D eigenvalue weighted by molar-refractivity contribution is 5.88. The van der Waals surface area contributed by atoms with Crippen LogP contribution >= 0.6 is 0 Å². The Morgan fingerprint density at radius 2 is 1.84 bits per heavy atom. The number of aromatic amines is 1. The van der Waals surface area contributed by atoms with Crippen molar-refractivity contribution >= 4 is 28.0 Å². The lowest BCUT2D eigenvalue weighted by atomic mass is 9.98. The van der Waals surface area contributed by atoms with E-state index >= 15 is 0 Å². The topological polar surface area (TPSA) is 72.1 Å². The molecule has 222 valence electrons. The Bertz CT molecular complexity index is 1570. The molecule has 4 aromatic rings. The number of pyridine rings is 1. The summed E-state index contributed by atoms with van der Waals surface area (Å²) in [5.41, 5.74) is 10.1. The molecule has 2 aromatic heterocycles. The van der Waals surface area contributed by atoms with E-state index in [1.54, 1.807) is 0 Å². The SMILES string of the molecule is C#C.C=C/C(=C\C(=C/C)c1ccc(NC)c(Cc2nc3c(N4CCN(C)CC4)cncc3[nH]2)c1)CNCc1ccccc1. The highest BCUT2D eigenvalue weighted by atomic mass is 15.3. The molecular formula is C36H43N7. The van der Waals surface area contributed by atoms with Crippen molar-refractivity contribution in [3.8, 4) is 12.8 Å². The average Bonchev–Trinajstić information content (AvgIpc) is 3.47. The molecule has 7 nitrogen and oxygen atoms in total. The highest BCUT2D eigenvalue weighted by Gasteiger charge is 2.19. The van der Waals surface area contributed by atoms with Crippen LogP contribution in [0.5, 0.6) is 0 Å². The number of likely N-dealkylation sites (N-methyl/N-ethyl adjacent to an activating group) is 1. The normalized spacial score (nSPS) is 14.3. The maximum atomic E-state index is 5.07. The van der Waals surface area contributed by atoms with Crippen LogP contribution in [-0.2, 0) is 13.0 Å². The quantitative estimate of drug-likeness (QED) is 0.153. The van der Waals surface area contributed by atoms with E-state index in [0.717, 1.165) is 78.6 Å². The third kappa shape index (κ3) is 8.01. The number of imidazole rings is 1. The van der Waals surface area contributed by atoms with Crippen molar-refractivity contribution in [3.05, 3.63) is 114 Å². The number of aromatic nitrogens is 3. The highest BCUT2D eigenvalue weighted by Crippen LogP contribution is 2.28. The summed E-state index contributed by atoms with van der Waals surface area (Å²) in [5.74, 6) is 0.937. The van der Waals surface area contributed by atoms with Crippen LogP contribution < -0.4 is 15.5 Å². The van der Waals surface area contributed by atoms with Crippen molar-refractivity contribution in [2.75, 3.05) is 57.0 Å². The molecule has 1 aliphatic rings. The van der Waals surface area contributed by atoms with Gasteiger partial charge >= 0.3 is 0 Å². The molecule has 7 heteroatoms. The summed E-state index contributed by atoms with van der Waals surface area (Å²) in [4.78, 5) is 17.9. The number of benzene rings is 2. The second-order valence-electron chi connectivity index (χ2n) is 10.6.